The third kappa shape index (κ3) is 4.02. The van der Waals surface area contributed by atoms with Crippen molar-refractivity contribution in [2.24, 2.45) is 10.4 Å². The second-order valence-electron chi connectivity index (χ2n) is 6.44. The van der Waals surface area contributed by atoms with E-state index < -0.39 is 0 Å². The molecule has 1 heterocycles. The molecule has 1 aliphatic rings. The molecule has 0 bridgehead atoms. The number of aryl methyl sites for hydroxylation is 1. The van der Waals surface area contributed by atoms with Crippen molar-refractivity contribution >= 4 is 16.9 Å². The van der Waals surface area contributed by atoms with Gasteiger partial charge in [0.2, 0.25) is 0 Å². The van der Waals surface area contributed by atoms with Crippen LogP contribution in [0.3, 0.4) is 0 Å². The molecule has 110 valence electrons. The predicted molar refractivity (Wildman–Crippen MR) is 90.4 cm³/mol. The molecule has 1 aromatic rings. The van der Waals surface area contributed by atoms with E-state index in [9.17, 15) is 0 Å². The third-order valence-corrected chi connectivity index (χ3v) is 4.84. The molecule has 20 heavy (non-hydrogen) atoms. The molecular weight excluding hydrogens is 264 g/mol. The van der Waals surface area contributed by atoms with Gasteiger partial charge in [-0.25, -0.2) is 0 Å². The van der Waals surface area contributed by atoms with Gasteiger partial charge in [0.05, 0.1) is 6.54 Å². The van der Waals surface area contributed by atoms with Crippen molar-refractivity contribution in [1.82, 2.24) is 5.32 Å². The molecule has 0 aliphatic carbocycles. The molecule has 2 nitrogen and oxygen atoms in total. The third-order valence-electron chi connectivity index (χ3n) is 3.88. The van der Waals surface area contributed by atoms with Crippen LogP contribution < -0.4 is 5.32 Å². The van der Waals surface area contributed by atoms with Crippen LogP contribution in [0.2, 0.25) is 0 Å². The molecule has 1 aromatic carbocycles. The van der Waals surface area contributed by atoms with Crippen LogP contribution in [0.5, 0.6) is 0 Å². The molecule has 1 fully saturated rings. The summed E-state index contributed by atoms with van der Waals surface area (Å²) in [5.74, 6) is 1.17. The van der Waals surface area contributed by atoms with E-state index in [1.807, 2.05) is 11.8 Å². The normalized spacial score (nSPS) is 21.8. The second kappa shape index (κ2) is 6.66. The molecule has 1 unspecified atom stereocenters. The summed E-state index contributed by atoms with van der Waals surface area (Å²) in [6.45, 7) is 9.88. The zero-order valence-electron chi connectivity index (χ0n) is 13.1. The number of amidine groups is 1. The average molecular weight is 290 g/mol. The van der Waals surface area contributed by atoms with Crippen molar-refractivity contribution in [2.45, 2.75) is 53.1 Å². The first-order valence-corrected chi connectivity index (χ1v) is 8.50. The van der Waals surface area contributed by atoms with Crippen molar-refractivity contribution in [3.05, 3.63) is 35.4 Å². The van der Waals surface area contributed by atoms with Crippen LogP contribution in [0, 0.1) is 5.41 Å². The van der Waals surface area contributed by atoms with Gasteiger partial charge in [-0.1, -0.05) is 63.7 Å². The quantitative estimate of drug-likeness (QED) is 0.900. The Labute approximate surface area is 127 Å². The minimum absolute atomic E-state index is 0.295. The van der Waals surface area contributed by atoms with E-state index in [0.29, 0.717) is 11.5 Å². The van der Waals surface area contributed by atoms with E-state index in [4.69, 9.17) is 4.99 Å². The SMILES string of the molecule is CCc1ccccc1CN=C1NC(C(C)(C)C)CCS1. The fourth-order valence-electron chi connectivity index (χ4n) is 2.49. The van der Waals surface area contributed by atoms with Gasteiger partial charge < -0.3 is 5.32 Å². The molecule has 0 saturated carbocycles. The van der Waals surface area contributed by atoms with E-state index in [2.05, 4.69) is 57.3 Å². The molecule has 0 aromatic heterocycles. The summed E-state index contributed by atoms with van der Waals surface area (Å²) in [5, 5.41) is 4.73. The molecule has 2 rings (SSSR count). The van der Waals surface area contributed by atoms with Crippen LogP contribution in [0.15, 0.2) is 29.3 Å². The molecular formula is C17H26N2S. The first kappa shape index (κ1) is 15.4. The Hall–Kier alpha value is -0.960. The van der Waals surface area contributed by atoms with Gasteiger partial charge in [0.1, 0.15) is 0 Å². The predicted octanol–water partition coefficient (Wildman–Crippen LogP) is 4.25. The van der Waals surface area contributed by atoms with E-state index >= 15 is 0 Å². The lowest BCUT2D eigenvalue weighted by Gasteiger charge is -2.35. The summed E-state index contributed by atoms with van der Waals surface area (Å²) in [6.07, 6.45) is 2.30. The van der Waals surface area contributed by atoms with Crippen LogP contribution >= 0.6 is 11.8 Å². The summed E-state index contributed by atoms with van der Waals surface area (Å²) >= 11 is 1.85. The monoisotopic (exact) mass is 290 g/mol. The van der Waals surface area contributed by atoms with Crippen molar-refractivity contribution < 1.29 is 0 Å². The van der Waals surface area contributed by atoms with Crippen molar-refractivity contribution in [2.75, 3.05) is 5.75 Å². The molecule has 0 spiro atoms. The van der Waals surface area contributed by atoms with E-state index in [-0.39, 0.29) is 0 Å². The topological polar surface area (TPSA) is 24.4 Å². The van der Waals surface area contributed by atoms with Crippen molar-refractivity contribution in [3.8, 4) is 0 Å². The van der Waals surface area contributed by atoms with Gasteiger partial charge >= 0.3 is 0 Å². The lowest BCUT2D eigenvalue weighted by Crippen LogP contribution is -2.46. The largest absolute Gasteiger partial charge is 0.362 e. The van der Waals surface area contributed by atoms with Gasteiger partial charge in [-0.15, -0.1) is 0 Å². The van der Waals surface area contributed by atoms with Gasteiger partial charge in [0.25, 0.3) is 0 Å². The molecule has 1 N–H and O–H groups in total. The molecule has 1 saturated heterocycles. The molecule has 1 atom stereocenters. The number of benzene rings is 1. The highest BCUT2D eigenvalue weighted by atomic mass is 32.2. The Morgan fingerprint density at radius 3 is 2.60 bits per heavy atom. The number of hydrogen-bond donors (Lipinski definition) is 1. The van der Waals surface area contributed by atoms with E-state index in [1.54, 1.807) is 0 Å². The standard InChI is InChI=1S/C17H26N2S/c1-5-13-8-6-7-9-14(13)12-18-16-19-15(10-11-20-16)17(2,3)4/h6-9,15H,5,10-12H2,1-4H3,(H,18,19). The Bertz CT molecular complexity index is 474. The number of nitrogens with one attached hydrogen (secondary N) is 1. The fraction of sp³-hybridized carbons (Fsp3) is 0.588. The van der Waals surface area contributed by atoms with Crippen molar-refractivity contribution in [3.63, 3.8) is 0 Å². The highest BCUT2D eigenvalue weighted by Crippen LogP contribution is 2.27. The maximum absolute atomic E-state index is 4.79. The first-order valence-electron chi connectivity index (χ1n) is 7.51. The summed E-state index contributed by atoms with van der Waals surface area (Å²) in [4.78, 5) is 4.79. The van der Waals surface area contributed by atoms with Crippen LogP contribution in [0.25, 0.3) is 0 Å². The maximum atomic E-state index is 4.79. The van der Waals surface area contributed by atoms with Gasteiger partial charge in [0, 0.05) is 11.8 Å². The van der Waals surface area contributed by atoms with Gasteiger partial charge in [0.15, 0.2) is 5.17 Å². The Morgan fingerprint density at radius 2 is 1.95 bits per heavy atom. The van der Waals surface area contributed by atoms with Crippen LogP contribution in [-0.2, 0) is 13.0 Å². The number of thioether (sulfide) groups is 1. The zero-order chi connectivity index (χ0) is 14.6. The van der Waals surface area contributed by atoms with Crippen molar-refractivity contribution in [1.29, 1.82) is 0 Å². The van der Waals surface area contributed by atoms with E-state index in [0.717, 1.165) is 18.1 Å². The second-order valence-corrected chi connectivity index (χ2v) is 7.53. The minimum atomic E-state index is 0.295. The van der Waals surface area contributed by atoms with E-state index in [1.165, 1.54) is 23.3 Å². The Balaban J connectivity index is 2.04. The zero-order valence-corrected chi connectivity index (χ0v) is 13.9. The van der Waals surface area contributed by atoms with Crippen LogP contribution in [-0.4, -0.2) is 17.0 Å². The number of aliphatic imine (C=N–C) groups is 1. The number of nitrogens with zero attached hydrogens (tertiary/aromatic N) is 1. The lowest BCUT2D eigenvalue weighted by molar-refractivity contribution is 0.290. The maximum Gasteiger partial charge on any atom is 0.157 e. The van der Waals surface area contributed by atoms with Gasteiger partial charge in [-0.05, 0) is 29.4 Å². The molecule has 0 amide bonds. The molecule has 1 aliphatic heterocycles. The summed E-state index contributed by atoms with van der Waals surface area (Å²) in [7, 11) is 0. The highest BCUT2D eigenvalue weighted by molar-refractivity contribution is 8.13. The number of hydrogen-bond acceptors (Lipinski definition) is 2. The van der Waals surface area contributed by atoms with Crippen LogP contribution in [0.1, 0.15) is 45.2 Å². The van der Waals surface area contributed by atoms with Gasteiger partial charge in [-0.2, -0.15) is 0 Å². The Morgan fingerprint density at radius 1 is 1.25 bits per heavy atom. The average Bonchev–Trinajstić information content (AvgIpc) is 2.45. The Kier molecular flexibility index (Phi) is 5.14. The summed E-state index contributed by atoms with van der Waals surface area (Å²) in [6, 6.07) is 9.14. The minimum Gasteiger partial charge on any atom is -0.362 e. The van der Waals surface area contributed by atoms with Crippen LogP contribution in [0.4, 0.5) is 0 Å². The lowest BCUT2D eigenvalue weighted by atomic mass is 9.85. The molecule has 0 radical (unpaired) electrons. The fourth-order valence-corrected chi connectivity index (χ4v) is 3.42. The summed E-state index contributed by atoms with van der Waals surface area (Å²) in [5.41, 5.74) is 3.05. The smallest absolute Gasteiger partial charge is 0.157 e. The first-order chi connectivity index (χ1) is 9.50. The van der Waals surface area contributed by atoms with Gasteiger partial charge in [-0.3, -0.25) is 4.99 Å². The summed E-state index contributed by atoms with van der Waals surface area (Å²) < 4.78 is 0. The highest BCUT2D eigenvalue weighted by Gasteiger charge is 2.28. The molecule has 3 heteroatoms. The number of rotatable bonds is 3.